The van der Waals surface area contributed by atoms with Crippen molar-refractivity contribution in [1.29, 1.82) is 0 Å². The molecule has 0 saturated heterocycles. The summed E-state index contributed by atoms with van der Waals surface area (Å²) < 4.78 is 5.51. The lowest BCUT2D eigenvalue weighted by Gasteiger charge is -2.17. The Bertz CT molecular complexity index is 477. The zero-order valence-electron chi connectivity index (χ0n) is 12.1. The van der Waals surface area contributed by atoms with Crippen LogP contribution >= 0.6 is 0 Å². The molecule has 0 amide bonds. The zero-order valence-corrected chi connectivity index (χ0v) is 12.1. The SMILES string of the molecule is CCOc1ncccc1CNC(=NC)NC1CC=CC1. The van der Waals surface area contributed by atoms with E-state index in [1.54, 1.807) is 13.2 Å². The molecule has 20 heavy (non-hydrogen) atoms. The fourth-order valence-electron chi connectivity index (χ4n) is 2.13. The second kappa shape index (κ2) is 7.53. The Balaban J connectivity index is 1.89. The largest absolute Gasteiger partial charge is 0.478 e. The Hall–Kier alpha value is -2.04. The van der Waals surface area contributed by atoms with Crippen LogP contribution in [0.2, 0.25) is 0 Å². The van der Waals surface area contributed by atoms with Gasteiger partial charge in [-0.25, -0.2) is 4.98 Å². The van der Waals surface area contributed by atoms with Crippen LogP contribution in [0.3, 0.4) is 0 Å². The first-order chi connectivity index (χ1) is 9.83. The number of aromatic nitrogens is 1. The van der Waals surface area contributed by atoms with Gasteiger partial charge in [0.25, 0.3) is 0 Å². The van der Waals surface area contributed by atoms with E-state index in [2.05, 4.69) is 32.8 Å². The first-order valence-corrected chi connectivity index (χ1v) is 7.02. The van der Waals surface area contributed by atoms with Gasteiger partial charge < -0.3 is 15.4 Å². The molecule has 1 heterocycles. The zero-order chi connectivity index (χ0) is 14.2. The quantitative estimate of drug-likeness (QED) is 0.489. The van der Waals surface area contributed by atoms with Crippen molar-refractivity contribution < 1.29 is 4.74 Å². The number of pyridine rings is 1. The second-order valence-corrected chi connectivity index (χ2v) is 4.61. The van der Waals surface area contributed by atoms with Crippen molar-refractivity contribution in [1.82, 2.24) is 15.6 Å². The standard InChI is InChI=1S/C15H22N4O/c1-3-20-14-12(7-6-10-17-14)11-18-15(16-2)19-13-8-4-5-9-13/h4-7,10,13H,3,8-9,11H2,1-2H3,(H2,16,18,19). The lowest BCUT2D eigenvalue weighted by molar-refractivity contribution is 0.322. The van der Waals surface area contributed by atoms with Gasteiger partial charge in [-0.1, -0.05) is 18.2 Å². The fraction of sp³-hybridized carbons (Fsp3) is 0.467. The van der Waals surface area contributed by atoms with Gasteiger partial charge in [-0.2, -0.15) is 0 Å². The summed E-state index contributed by atoms with van der Waals surface area (Å²) in [6, 6.07) is 4.37. The van der Waals surface area contributed by atoms with Gasteiger partial charge in [0, 0.05) is 31.4 Å². The minimum Gasteiger partial charge on any atom is -0.478 e. The van der Waals surface area contributed by atoms with Crippen LogP contribution < -0.4 is 15.4 Å². The molecular weight excluding hydrogens is 252 g/mol. The Morgan fingerprint density at radius 1 is 1.45 bits per heavy atom. The van der Waals surface area contributed by atoms with E-state index in [-0.39, 0.29) is 0 Å². The molecule has 0 aliphatic heterocycles. The molecule has 2 rings (SSSR count). The fourth-order valence-corrected chi connectivity index (χ4v) is 2.13. The Morgan fingerprint density at radius 3 is 2.95 bits per heavy atom. The molecule has 0 fully saturated rings. The van der Waals surface area contributed by atoms with Crippen molar-refractivity contribution in [3.8, 4) is 5.88 Å². The van der Waals surface area contributed by atoms with Crippen LogP contribution in [0.15, 0.2) is 35.5 Å². The van der Waals surface area contributed by atoms with Gasteiger partial charge in [-0.15, -0.1) is 0 Å². The number of aliphatic imine (C=N–C) groups is 1. The van der Waals surface area contributed by atoms with E-state index in [1.807, 2.05) is 19.1 Å². The number of hydrogen-bond donors (Lipinski definition) is 2. The summed E-state index contributed by atoms with van der Waals surface area (Å²) in [4.78, 5) is 8.49. The molecule has 0 aromatic carbocycles. The normalized spacial score (nSPS) is 15.4. The van der Waals surface area contributed by atoms with E-state index >= 15 is 0 Å². The topological polar surface area (TPSA) is 58.5 Å². The minimum absolute atomic E-state index is 0.446. The molecule has 108 valence electrons. The maximum Gasteiger partial charge on any atom is 0.218 e. The second-order valence-electron chi connectivity index (χ2n) is 4.61. The lowest BCUT2D eigenvalue weighted by Crippen LogP contribution is -2.42. The Labute approximate surface area is 120 Å². The summed E-state index contributed by atoms with van der Waals surface area (Å²) >= 11 is 0. The minimum atomic E-state index is 0.446. The molecular formula is C15H22N4O. The van der Waals surface area contributed by atoms with Crippen LogP contribution in [0.5, 0.6) is 5.88 Å². The predicted molar refractivity (Wildman–Crippen MR) is 80.9 cm³/mol. The molecule has 0 atom stereocenters. The van der Waals surface area contributed by atoms with Gasteiger partial charge >= 0.3 is 0 Å². The van der Waals surface area contributed by atoms with Gasteiger partial charge in [-0.05, 0) is 25.8 Å². The highest BCUT2D eigenvalue weighted by atomic mass is 16.5. The predicted octanol–water partition coefficient (Wildman–Crippen LogP) is 1.86. The van der Waals surface area contributed by atoms with Gasteiger partial charge in [-0.3, -0.25) is 4.99 Å². The highest BCUT2D eigenvalue weighted by molar-refractivity contribution is 5.80. The maximum atomic E-state index is 5.51. The molecule has 5 heteroatoms. The molecule has 2 N–H and O–H groups in total. The molecule has 1 aliphatic rings. The van der Waals surface area contributed by atoms with E-state index in [4.69, 9.17) is 4.74 Å². The van der Waals surface area contributed by atoms with Gasteiger partial charge in [0.15, 0.2) is 5.96 Å². The molecule has 5 nitrogen and oxygen atoms in total. The average Bonchev–Trinajstić information content (AvgIpc) is 2.98. The first-order valence-electron chi connectivity index (χ1n) is 7.02. The van der Waals surface area contributed by atoms with Crippen molar-refractivity contribution in [3.05, 3.63) is 36.0 Å². The number of guanidine groups is 1. The molecule has 1 aromatic heterocycles. The number of ether oxygens (including phenoxy) is 1. The summed E-state index contributed by atoms with van der Waals surface area (Å²) in [5, 5.41) is 6.71. The lowest BCUT2D eigenvalue weighted by atomic mass is 10.2. The van der Waals surface area contributed by atoms with Crippen molar-refractivity contribution in [3.63, 3.8) is 0 Å². The van der Waals surface area contributed by atoms with Crippen LogP contribution in [-0.2, 0) is 6.54 Å². The van der Waals surface area contributed by atoms with Crippen LogP contribution in [0.25, 0.3) is 0 Å². The van der Waals surface area contributed by atoms with E-state index in [9.17, 15) is 0 Å². The summed E-state index contributed by atoms with van der Waals surface area (Å²) in [6.07, 6.45) is 8.24. The van der Waals surface area contributed by atoms with Crippen molar-refractivity contribution >= 4 is 5.96 Å². The molecule has 0 bridgehead atoms. The van der Waals surface area contributed by atoms with Crippen LogP contribution in [0.1, 0.15) is 25.3 Å². The van der Waals surface area contributed by atoms with Gasteiger partial charge in [0.1, 0.15) is 0 Å². The number of nitrogens with one attached hydrogen (secondary N) is 2. The average molecular weight is 274 g/mol. The highest BCUT2D eigenvalue weighted by Gasteiger charge is 2.12. The van der Waals surface area contributed by atoms with Crippen molar-refractivity contribution in [2.24, 2.45) is 4.99 Å². The van der Waals surface area contributed by atoms with Crippen LogP contribution in [0.4, 0.5) is 0 Å². The monoisotopic (exact) mass is 274 g/mol. The third kappa shape index (κ3) is 3.98. The van der Waals surface area contributed by atoms with Gasteiger partial charge in [0.2, 0.25) is 5.88 Å². The van der Waals surface area contributed by atoms with Crippen molar-refractivity contribution in [2.45, 2.75) is 32.4 Å². The number of hydrogen-bond acceptors (Lipinski definition) is 3. The van der Waals surface area contributed by atoms with E-state index in [1.165, 1.54) is 0 Å². The summed E-state index contributed by atoms with van der Waals surface area (Å²) in [7, 11) is 1.78. The molecule has 1 aliphatic carbocycles. The highest BCUT2D eigenvalue weighted by Crippen LogP contribution is 2.14. The number of nitrogens with zero attached hydrogens (tertiary/aromatic N) is 2. The summed E-state index contributed by atoms with van der Waals surface area (Å²) in [5.74, 6) is 1.49. The summed E-state index contributed by atoms with van der Waals surface area (Å²) in [5.41, 5.74) is 1.03. The molecule has 0 unspecified atom stereocenters. The van der Waals surface area contributed by atoms with E-state index < -0.39 is 0 Å². The number of rotatable bonds is 5. The third-order valence-corrected chi connectivity index (χ3v) is 3.15. The smallest absolute Gasteiger partial charge is 0.218 e. The Morgan fingerprint density at radius 2 is 2.25 bits per heavy atom. The van der Waals surface area contributed by atoms with Crippen molar-refractivity contribution in [2.75, 3.05) is 13.7 Å². The molecule has 0 radical (unpaired) electrons. The van der Waals surface area contributed by atoms with E-state index in [0.717, 1.165) is 24.4 Å². The summed E-state index contributed by atoms with van der Waals surface area (Å²) in [6.45, 7) is 3.22. The molecule has 0 saturated carbocycles. The van der Waals surface area contributed by atoms with Crippen LogP contribution in [-0.4, -0.2) is 30.6 Å². The first kappa shape index (κ1) is 14.4. The van der Waals surface area contributed by atoms with Gasteiger partial charge in [0.05, 0.1) is 6.61 Å². The molecule has 0 spiro atoms. The Kier molecular flexibility index (Phi) is 5.41. The van der Waals surface area contributed by atoms with Crippen LogP contribution in [0, 0.1) is 0 Å². The van der Waals surface area contributed by atoms with E-state index in [0.29, 0.717) is 25.1 Å². The maximum absolute atomic E-state index is 5.51. The molecule has 1 aromatic rings. The third-order valence-electron chi connectivity index (χ3n) is 3.15.